The van der Waals surface area contributed by atoms with Crippen molar-refractivity contribution in [1.29, 1.82) is 0 Å². The van der Waals surface area contributed by atoms with Crippen LogP contribution < -0.4 is 10.2 Å². The van der Waals surface area contributed by atoms with Gasteiger partial charge in [-0.2, -0.15) is 5.10 Å². The highest BCUT2D eigenvalue weighted by Crippen LogP contribution is 2.26. The summed E-state index contributed by atoms with van der Waals surface area (Å²) in [5, 5.41) is 6.61. The lowest BCUT2D eigenvalue weighted by molar-refractivity contribution is -0.118. The first kappa shape index (κ1) is 18.1. The number of amides is 1. The fourth-order valence-corrected chi connectivity index (χ4v) is 3.46. The average Bonchev–Trinajstić information content (AvgIpc) is 3.15. The van der Waals surface area contributed by atoms with Gasteiger partial charge in [0.25, 0.3) is 11.1 Å². The van der Waals surface area contributed by atoms with Gasteiger partial charge in [-0.3, -0.25) is 4.79 Å². The molecule has 140 valence electrons. The van der Waals surface area contributed by atoms with Crippen LogP contribution in [0.4, 0.5) is 0 Å². The van der Waals surface area contributed by atoms with Gasteiger partial charge in [0, 0.05) is 5.56 Å². The smallest absolute Gasteiger partial charge is 0.257 e. The van der Waals surface area contributed by atoms with Crippen LogP contribution in [0.2, 0.25) is 0 Å². The van der Waals surface area contributed by atoms with E-state index in [1.807, 2.05) is 60.7 Å². The van der Waals surface area contributed by atoms with Crippen LogP contribution in [0.1, 0.15) is 5.56 Å². The third-order valence-corrected chi connectivity index (χ3v) is 4.96. The number of hydrazone groups is 1. The van der Waals surface area contributed by atoms with E-state index in [9.17, 15) is 4.79 Å². The Morgan fingerprint density at radius 2 is 2.00 bits per heavy atom. The predicted octanol–water partition coefficient (Wildman–Crippen LogP) is 4.23. The molecule has 0 radical (unpaired) electrons. The molecule has 0 spiro atoms. The molecule has 0 aliphatic rings. The van der Waals surface area contributed by atoms with E-state index in [4.69, 9.17) is 9.15 Å². The van der Waals surface area contributed by atoms with Crippen molar-refractivity contribution in [3.8, 4) is 5.75 Å². The number of carbonyl (C=O) groups excluding carboxylic acids is 1. The molecule has 4 rings (SSSR count). The van der Waals surface area contributed by atoms with Gasteiger partial charge in [0.05, 0.1) is 19.1 Å². The van der Waals surface area contributed by atoms with Crippen LogP contribution in [0.3, 0.4) is 0 Å². The number of carbonyl (C=O) groups is 1. The highest BCUT2D eigenvalue weighted by atomic mass is 32.2. The molecule has 3 aromatic carbocycles. The van der Waals surface area contributed by atoms with E-state index in [-0.39, 0.29) is 11.7 Å². The lowest BCUT2D eigenvalue weighted by Gasteiger charge is -2.08. The Morgan fingerprint density at radius 1 is 1.18 bits per heavy atom. The number of thioether (sulfide) groups is 1. The molecule has 1 N–H and O–H groups in total. The molecule has 1 heterocycles. The Kier molecular flexibility index (Phi) is 5.25. The zero-order valence-electron chi connectivity index (χ0n) is 15.1. The lowest BCUT2D eigenvalue weighted by Crippen LogP contribution is -2.19. The molecule has 4 aromatic rings. The number of hydrogen-bond donors (Lipinski definition) is 1. The maximum absolute atomic E-state index is 12.1. The molecule has 0 bridgehead atoms. The van der Waals surface area contributed by atoms with Gasteiger partial charge >= 0.3 is 0 Å². The third-order valence-electron chi connectivity index (χ3n) is 4.13. The second-order valence-corrected chi connectivity index (χ2v) is 6.86. The molecule has 0 fully saturated rings. The molecule has 6 nitrogen and oxygen atoms in total. The minimum Gasteiger partial charge on any atom is -0.496 e. The number of nitrogens with one attached hydrogen (secondary N) is 1. The zero-order valence-corrected chi connectivity index (χ0v) is 15.9. The fourth-order valence-electron chi connectivity index (χ4n) is 2.83. The Morgan fingerprint density at radius 3 is 2.86 bits per heavy atom. The summed E-state index contributed by atoms with van der Waals surface area (Å²) in [5.41, 5.74) is 4.82. The van der Waals surface area contributed by atoms with Gasteiger partial charge in [0.2, 0.25) is 0 Å². The Bertz CT molecular complexity index is 1140. The number of nitrogens with zero attached hydrogens (tertiary/aromatic N) is 2. The summed E-state index contributed by atoms with van der Waals surface area (Å²) >= 11 is 1.22. The molecule has 0 unspecified atom stereocenters. The van der Waals surface area contributed by atoms with Crippen molar-refractivity contribution in [2.24, 2.45) is 5.10 Å². The van der Waals surface area contributed by atoms with Crippen LogP contribution in [-0.2, 0) is 4.79 Å². The molecule has 1 aromatic heterocycles. The standard InChI is InChI=1S/C21H17N3O3S/c1-26-18-11-10-14-6-2-3-7-15(14)16(18)12-22-24-20(25)13-28-21-23-17-8-4-5-9-19(17)27-21/h2-12H,13H2,1H3,(H,24,25)/b22-12+. The van der Waals surface area contributed by atoms with Crippen molar-refractivity contribution in [3.63, 3.8) is 0 Å². The Hall–Kier alpha value is -3.32. The van der Waals surface area contributed by atoms with Crippen LogP contribution in [0, 0.1) is 0 Å². The maximum atomic E-state index is 12.1. The first-order valence-corrected chi connectivity index (χ1v) is 9.59. The van der Waals surface area contributed by atoms with Gasteiger partial charge in [0.15, 0.2) is 5.58 Å². The van der Waals surface area contributed by atoms with Crippen molar-refractivity contribution in [2.45, 2.75) is 5.22 Å². The molecular weight excluding hydrogens is 374 g/mol. The summed E-state index contributed by atoms with van der Waals surface area (Å²) in [6.07, 6.45) is 1.60. The van der Waals surface area contributed by atoms with Crippen LogP contribution in [0.5, 0.6) is 5.75 Å². The molecule has 0 aliphatic carbocycles. The number of fused-ring (bicyclic) bond motifs is 2. The normalized spacial score (nSPS) is 11.3. The topological polar surface area (TPSA) is 76.7 Å². The molecule has 7 heteroatoms. The number of benzene rings is 3. The summed E-state index contributed by atoms with van der Waals surface area (Å²) < 4.78 is 11.0. The third kappa shape index (κ3) is 3.84. The highest BCUT2D eigenvalue weighted by Gasteiger charge is 2.09. The number of oxazole rings is 1. The Labute approximate surface area is 165 Å². The quantitative estimate of drug-likeness (QED) is 0.302. The minimum absolute atomic E-state index is 0.150. The highest BCUT2D eigenvalue weighted by molar-refractivity contribution is 7.99. The number of para-hydroxylation sites is 2. The van der Waals surface area contributed by atoms with Gasteiger partial charge in [-0.15, -0.1) is 0 Å². The van der Waals surface area contributed by atoms with Crippen molar-refractivity contribution >= 4 is 45.8 Å². The number of methoxy groups -OCH3 is 1. The SMILES string of the molecule is COc1ccc2ccccc2c1/C=N/NC(=O)CSc1nc2ccccc2o1. The molecule has 28 heavy (non-hydrogen) atoms. The summed E-state index contributed by atoms with van der Waals surface area (Å²) in [5.74, 6) is 0.594. The van der Waals surface area contributed by atoms with E-state index in [1.54, 1.807) is 13.3 Å². The number of hydrogen-bond acceptors (Lipinski definition) is 6. The maximum Gasteiger partial charge on any atom is 0.257 e. The lowest BCUT2D eigenvalue weighted by atomic mass is 10.0. The molecule has 0 saturated carbocycles. The first-order valence-electron chi connectivity index (χ1n) is 8.60. The van der Waals surface area contributed by atoms with Crippen LogP contribution >= 0.6 is 11.8 Å². The van der Waals surface area contributed by atoms with Crippen LogP contribution in [0.25, 0.3) is 21.9 Å². The predicted molar refractivity (Wildman–Crippen MR) is 111 cm³/mol. The van der Waals surface area contributed by atoms with E-state index in [2.05, 4.69) is 15.5 Å². The summed E-state index contributed by atoms with van der Waals surface area (Å²) in [6, 6.07) is 19.3. The van der Waals surface area contributed by atoms with Crippen molar-refractivity contribution in [2.75, 3.05) is 12.9 Å². The second kappa shape index (κ2) is 8.14. The van der Waals surface area contributed by atoms with E-state index < -0.39 is 0 Å². The minimum atomic E-state index is -0.247. The van der Waals surface area contributed by atoms with E-state index in [1.165, 1.54) is 11.8 Å². The molecule has 0 aliphatic heterocycles. The Balaban J connectivity index is 1.42. The van der Waals surface area contributed by atoms with Crippen molar-refractivity contribution in [3.05, 3.63) is 66.2 Å². The van der Waals surface area contributed by atoms with Crippen molar-refractivity contribution < 1.29 is 13.9 Å². The van der Waals surface area contributed by atoms with E-state index in [0.717, 1.165) is 21.9 Å². The number of aromatic nitrogens is 1. The number of rotatable bonds is 6. The van der Waals surface area contributed by atoms with Gasteiger partial charge in [-0.25, -0.2) is 10.4 Å². The molecule has 0 saturated heterocycles. The van der Waals surface area contributed by atoms with Crippen molar-refractivity contribution in [1.82, 2.24) is 10.4 Å². The number of ether oxygens (including phenoxy) is 1. The van der Waals surface area contributed by atoms with E-state index >= 15 is 0 Å². The van der Waals surface area contributed by atoms with Gasteiger partial charge in [-0.05, 0) is 29.0 Å². The first-order chi connectivity index (χ1) is 13.7. The van der Waals surface area contributed by atoms with Gasteiger partial charge in [0.1, 0.15) is 11.3 Å². The van der Waals surface area contributed by atoms with Gasteiger partial charge < -0.3 is 9.15 Å². The largest absolute Gasteiger partial charge is 0.496 e. The zero-order chi connectivity index (χ0) is 19.3. The fraction of sp³-hybridized carbons (Fsp3) is 0.0952. The monoisotopic (exact) mass is 391 g/mol. The summed E-state index contributed by atoms with van der Waals surface area (Å²) in [7, 11) is 1.61. The van der Waals surface area contributed by atoms with E-state index in [0.29, 0.717) is 16.6 Å². The van der Waals surface area contributed by atoms with Gasteiger partial charge in [-0.1, -0.05) is 54.2 Å². The van der Waals surface area contributed by atoms with Crippen LogP contribution in [-0.4, -0.2) is 30.0 Å². The summed E-state index contributed by atoms with van der Waals surface area (Å²) in [6.45, 7) is 0. The second-order valence-electron chi connectivity index (χ2n) is 5.93. The molecule has 1 amide bonds. The molecular formula is C21H17N3O3S. The van der Waals surface area contributed by atoms with Crippen LogP contribution in [0.15, 0.2) is 75.4 Å². The molecule has 0 atom stereocenters. The summed E-state index contributed by atoms with van der Waals surface area (Å²) in [4.78, 5) is 16.4. The average molecular weight is 391 g/mol.